The summed E-state index contributed by atoms with van der Waals surface area (Å²) >= 11 is 0. The van der Waals surface area contributed by atoms with Crippen molar-refractivity contribution >= 4 is 16.3 Å². The second kappa shape index (κ2) is 13.3. The fourth-order valence-corrected chi connectivity index (χ4v) is 6.35. The van der Waals surface area contributed by atoms with E-state index in [4.69, 9.17) is 14.6 Å². The van der Waals surface area contributed by atoms with Crippen molar-refractivity contribution in [2.45, 2.75) is 61.1 Å². The van der Waals surface area contributed by atoms with E-state index in [1.807, 2.05) is 19.0 Å². The van der Waals surface area contributed by atoms with Crippen LogP contribution in [-0.4, -0.2) is 66.1 Å². The Labute approximate surface area is 235 Å². The Kier molecular flexibility index (Phi) is 10.4. The number of carbonyl (C=O) groups is 1. The minimum absolute atomic E-state index is 0.0531. The zero-order chi connectivity index (χ0) is 30.4. The monoisotopic (exact) mass is 598 g/mol. The van der Waals surface area contributed by atoms with Gasteiger partial charge < -0.3 is 14.7 Å². The number of benzene rings is 1. The van der Waals surface area contributed by atoms with Gasteiger partial charge in [0.1, 0.15) is 18.2 Å². The number of halogens is 4. The summed E-state index contributed by atoms with van der Waals surface area (Å²) in [6.07, 6.45) is -0.899. The van der Waals surface area contributed by atoms with E-state index < -0.39 is 33.3 Å². The molecule has 0 spiro atoms. The van der Waals surface area contributed by atoms with Crippen molar-refractivity contribution < 1.29 is 40.6 Å². The van der Waals surface area contributed by atoms with Crippen LogP contribution in [0.4, 0.5) is 17.6 Å². The molecule has 0 radical (unpaired) electrons. The van der Waals surface area contributed by atoms with Crippen LogP contribution in [0, 0.1) is 12.7 Å². The van der Waals surface area contributed by atoms with E-state index in [2.05, 4.69) is 15.0 Å². The number of alkyl halides is 3. The summed E-state index contributed by atoms with van der Waals surface area (Å²) in [5.41, 5.74) is -0.180. The lowest BCUT2D eigenvalue weighted by atomic mass is 9.78. The first-order valence-corrected chi connectivity index (χ1v) is 14.1. The molecule has 0 bridgehead atoms. The highest BCUT2D eigenvalue weighted by atomic mass is 32.2. The van der Waals surface area contributed by atoms with Crippen molar-refractivity contribution in [3.8, 4) is 5.88 Å². The predicted molar refractivity (Wildman–Crippen MR) is 140 cm³/mol. The van der Waals surface area contributed by atoms with Crippen molar-refractivity contribution in [2.24, 2.45) is 0 Å². The van der Waals surface area contributed by atoms with Crippen LogP contribution in [0.25, 0.3) is 0 Å². The fourth-order valence-electron chi connectivity index (χ4n) is 4.87. The Hall–Kier alpha value is -3.65. The summed E-state index contributed by atoms with van der Waals surface area (Å²) in [5, 5.41) is 6.89. The van der Waals surface area contributed by atoms with Crippen LogP contribution >= 0.6 is 0 Å². The van der Waals surface area contributed by atoms with Crippen molar-refractivity contribution in [3.05, 3.63) is 77.3 Å². The van der Waals surface area contributed by atoms with Crippen LogP contribution in [0.15, 0.2) is 53.8 Å². The first-order valence-electron chi connectivity index (χ1n) is 12.5. The molecule has 4 rings (SSSR count). The second-order valence-electron chi connectivity index (χ2n) is 9.73. The van der Waals surface area contributed by atoms with Crippen molar-refractivity contribution in [1.82, 2.24) is 19.9 Å². The molecule has 1 aliphatic rings. The maximum atomic E-state index is 14.6. The SMILES string of the molecule is Cc1nc(O[C@H]2CC[C@H](c3cc(C(F)(F)F)ccc3F)C[C@@H]2N(C)C)ccc1S(=O)(=O)Cc1ccncn1.O=CO. The third-order valence-electron chi connectivity index (χ3n) is 6.78. The topological polar surface area (TPSA) is 123 Å². The standard InChI is InChI=1S/C26H28F4N4O3S.CH2O2/c1-16-24(38(35,36)14-19-10-11-31-15-32-19)8-9-25(33-16)37-23-7-4-17(12-22(23)34(2)3)20-13-18(26(28,29)30)5-6-21(20)27;2-1-3/h5-6,8-11,13,15,17,22-23H,4,7,12,14H2,1-3H3;1H,(H,2,3)/t17-,22-,23-;/m0./s1. The summed E-state index contributed by atoms with van der Waals surface area (Å²) < 4.78 is 86.2. The molecule has 3 atom stereocenters. The van der Waals surface area contributed by atoms with Gasteiger partial charge in [0.25, 0.3) is 6.47 Å². The van der Waals surface area contributed by atoms with Gasteiger partial charge in [-0.2, -0.15) is 13.2 Å². The number of pyridine rings is 1. The predicted octanol–water partition coefficient (Wildman–Crippen LogP) is 4.66. The zero-order valence-electron chi connectivity index (χ0n) is 22.5. The smallest absolute Gasteiger partial charge is 0.416 e. The lowest BCUT2D eigenvalue weighted by molar-refractivity contribution is -0.137. The molecule has 41 heavy (non-hydrogen) atoms. The van der Waals surface area contributed by atoms with E-state index in [-0.39, 0.29) is 46.4 Å². The van der Waals surface area contributed by atoms with Gasteiger partial charge in [0.15, 0.2) is 9.84 Å². The number of aryl methyl sites for hydroxylation is 1. The quantitative estimate of drug-likeness (QED) is 0.306. The highest BCUT2D eigenvalue weighted by molar-refractivity contribution is 7.90. The Bertz CT molecular complexity index is 1440. The molecule has 1 aliphatic carbocycles. The summed E-state index contributed by atoms with van der Waals surface area (Å²) in [6.45, 7) is 1.33. The first kappa shape index (κ1) is 31.9. The van der Waals surface area contributed by atoms with Gasteiger partial charge in [-0.05, 0) is 82.1 Å². The molecule has 1 aromatic carbocycles. The molecule has 0 saturated heterocycles. The number of hydrogen-bond donors (Lipinski definition) is 1. The van der Waals surface area contributed by atoms with Crippen molar-refractivity contribution in [2.75, 3.05) is 14.1 Å². The lowest BCUT2D eigenvalue weighted by Gasteiger charge is -2.39. The molecular formula is C27H30F4N4O5S. The summed E-state index contributed by atoms with van der Waals surface area (Å²) in [7, 11) is -0.0528. The van der Waals surface area contributed by atoms with E-state index in [1.165, 1.54) is 30.7 Å². The molecule has 1 N–H and O–H groups in total. The fraction of sp³-hybridized carbons (Fsp3) is 0.407. The van der Waals surface area contributed by atoms with Gasteiger partial charge in [-0.25, -0.2) is 27.8 Å². The number of ether oxygens (including phenoxy) is 1. The van der Waals surface area contributed by atoms with Crippen LogP contribution in [0.3, 0.4) is 0 Å². The van der Waals surface area contributed by atoms with E-state index >= 15 is 0 Å². The highest BCUT2D eigenvalue weighted by Gasteiger charge is 2.37. The van der Waals surface area contributed by atoms with Gasteiger partial charge >= 0.3 is 6.18 Å². The molecule has 2 heterocycles. The summed E-state index contributed by atoms with van der Waals surface area (Å²) in [6, 6.07) is 6.76. The normalized spacial score (nSPS) is 19.3. The van der Waals surface area contributed by atoms with Crippen LogP contribution in [0.1, 0.15) is 47.7 Å². The van der Waals surface area contributed by atoms with E-state index in [0.717, 1.165) is 18.2 Å². The van der Waals surface area contributed by atoms with Gasteiger partial charge in [-0.1, -0.05) is 0 Å². The molecule has 9 nitrogen and oxygen atoms in total. The van der Waals surface area contributed by atoms with Crippen LogP contribution < -0.4 is 4.74 Å². The Morgan fingerprint density at radius 1 is 1.15 bits per heavy atom. The van der Waals surface area contributed by atoms with Crippen molar-refractivity contribution in [1.29, 1.82) is 0 Å². The number of hydrogen-bond acceptors (Lipinski definition) is 8. The molecule has 3 aromatic rings. The molecule has 0 unspecified atom stereocenters. The second-order valence-corrected chi connectivity index (χ2v) is 11.7. The van der Waals surface area contributed by atoms with E-state index in [1.54, 1.807) is 6.92 Å². The van der Waals surface area contributed by atoms with Crippen LogP contribution in [-0.2, 0) is 26.6 Å². The third kappa shape index (κ3) is 8.19. The summed E-state index contributed by atoms with van der Waals surface area (Å²) in [5.74, 6) is -1.12. The van der Waals surface area contributed by atoms with Crippen LogP contribution in [0.2, 0.25) is 0 Å². The zero-order valence-corrected chi connectivity index (χ0v) is 23.4. The number of likely N-dealkylation sites (N-methyl/N-ethyl adjacent to an activating group) is 1. The van der Waals surface area contributed by atoms with E-state index in [0.29, 0.717) is 25.0 Å². The lowest BCUT2D eigenvalue weighted by Crippen LogP contribution is -2.46. The highest BCUT2D eigenvalue weighted by Crippen LogP contribution is 2.40. The molecule has 1 saturated carbocycles. The molecule has 2 aromatic heterocycles. The number of aromatic nitrogens is 3. The van der Waals surface area contributed by atoms with Gasteiger partial charge in [-0.15, -0.1) is 0 Å². The maximum absolute atomic E-state index is 14.6. The number of sulfone groups is 1. The van der Waals surface area contributed by atoms with Crippen LogP contribution in [0.5, 0.6) is 5.88 Å². The van der Waals surface area contributed by atoms with Crippen molar-refractivity contribution in [3.63, 3.8) is 0 Å². The molecule has 0 amide bonds. The number of rotatable bonds is 7. The largest absolute Gasteiger partial charge is 0.483 e. The summed E-state index contributed by atoms with van der Waals surface area (Å²) in [4.78, 5) is 22.4. The molecule has 222 valence electrons. The minimum atomic E-state index is -4.55. The Morgan fingerprint density at radius 3 is 2.44 bits per heavy atom. The van der Waals surface area contributed by atoms with Gasteiger partial charge in [0.2, 0.25) is 5.88 Å². The third-order valence-corrected chi connectivity index (χ3v) is 8.56. The molecule has 1 fully saturated rings. The average Bonchev–Trinajstić information content (AvgIpc) is 2.89. The molecular weight excluding hydrogens is 568 g/mol. The van der Waals surface area contributed by atoms with Gasteiger partial charge in [0, 0.05) is 18.3 Å². The first-order chi connectivity index (χ1) is 19.3. The maximum Gasteiger partial charge on any atom is 0.416 e. The molecule has 14 heteroatoms. The molecule has 0 aliphatic heterocycles. The van der Waals surface area contributed by atoms with Gasteiger partial charge in [0.05, 0.1) is 27.6 Å². The Morgan fingerprint density at radius 2 is 1.85 bits per heavy atom. The Balaban J connectivity index is 0.00000147. The number of nitrogens with zero attached hydrogens (tertiary/aromatic N) is 4. The average molecular weight is 599 g/mol. The number of carboxylic acid groups (broad SMARTS) is 1. The van der Waals surface area contributed by atoms with Gasteiger partial charge in [-0.3, -0.25) is 4.79 Å². The minimum Gasteiger partial charge on any atom is -0.483 e. The van der Waals surface area contributed by atoms with E-state index in [9.17, 15) is 26.0 Å².